The van der Waals surface area contributed by atoms with Gasteiger partial charge in [-0.3, -0.25) is 0 Å². The van der Waals surface area contributed by atoms with Crippen molar-refractivity contribution in [2.45, 2.75) is 58.7 Å². The lowest BCUT2D eigenvalue weighted by atomic mass is 9.93. The van der Waals surface area contributed by atoms with Gasteiger partial charge in [-0.05, 0) is 56.9 Å². The zero-order chi connectivity index (χ0) is 13.9. The fourth-order valence-corrected chi connectivity index (χ4v) is 2.39. The number of rotatable bonds is 4. The Balaban J connectivity index is 2.01. The summed E-state index contributed by atoms with van der Waals surface area (Å²) in [7, 11) is 0. The second-order valence-electron chi connectivity index (χ2n) is 6.33. The van der Waals surface area contributed by atoms with E-state index in [1.165, 1.54) is 0 Å². The molecule has 1 aliphatic heterocycles. The van der Waals surface area contributed by atoms with E-state index in [2.05, 4.69) is 48.5 Å². The highest BCUT2D eigenvalue weighted by atomic mass is 16.5. The van der Waals surface area contributed by atoms with Crippen LogP contribution in [0.5, 0.6) is 0 Å². The minimum Gasteiger partial charge on any atom is -0.381 e. The summed E-state index contributed by atoms with van der Waals surface area (Å²) >= 11 is 0. The predicted molar refractivity (Wildman–Crippen MR) is 72.7 cm³/mol. The number of nitrogens with one attached hydrogen (secondary N) is 1. The minimum absolute atomic E-state index is 0.0682. The maximum absolute atomic E-state index is 5.42. The van der Waals surface area contributed by atoms with Crippen LogP contribution in [0.2, 0.25) is 0 Å². The molecule has 2 rings (SSSR count). The quantitative estimate of drug-likeness (QED) is 0.896. The molecule has 0 aromatic carbocycles. The van der Waals surface area contributed by atoms with Gasteiger partial charge in [-0.1, -0.05) is 0 Å². The third kappa shape index (κ3) is 3.98. The van der Waals surface area contributed by atoms with Crippen molar-refractivity contribution in [3.05, 3.63) is 5.82 Å². The Morgan fingerprint density at radius 3 is 2.68 bits per heavy atom. The maximum Gasteiger partial charge on any atom is 0.165 e. The van der Waals surface area contributed by atoms with Gasteiger partial charge in [0.2, 0.25) is 0 Å². The maximum atomic E-state index is 5.42. The van der Waals surface area contributed by atoms with Crippen LogP contribution in [-0.4, -0.2) is 39.0 Å². The Kier molecular flexibility index (Phi) is 4.52. The Morgan fingerprint density at radius 1 is 1.37 bits per heavy atom. The SMILES string of the molecule is CC(C1CCOCC1)n1nnnc1CNC(C)(C)C. The second kappa shape index (κ2) is 5.96. The van der Waals surface area contributed by atoms with Gasteiger partial charge >= 0.3 is 0 Å². The molecule has 6 nitrogen and oxygen atoms in total. The normalized spacial score (nSPS) is 19.6. The number of nitrogens with zero attached hydrogens (tertiary/aromatic N) is 4. The molecule has 19 heavy (non-hydrogen) atoms. The van der Waals surface area contributed by atoms with E-state index < -0.39 is 0 Å². The number of tetrazole rings is 1. The predicted octanol–water partition coefficient (Wildman–Crippen LogP) is 1.55. The first-order valence-corrected chi connectivity index (χ1v) is 7.07. The highest BCUT2D eigenvalue weighted by Crippen LogP contribution is 2.27. The van der Waals surface area contributed by atoms with Crippen LogP contribution < -0.4 is 5.32 Å². The molecule has 0 saturated carbocycles. The Morgan fingerprint density at radius 2 is 2.05 bits per heavy atom. The van der Waals surface area contributed by atoms with Gasteiger partial charge in [0.25, 0.3) is 0 Å². The molecule has 1 aliphatic rings. The molecule has 0 spiro atoms. The lowest BCUT2D eigenvalue weighted by molar-refractivity contribution is 0.0487. The van der Waals surface area contributed by atoms with Crippen molar-refractivity contribution < 1.29 is 4.74 Å². The molecular formula is C13H25N5O. The van der Waals surface area contributed by atoms with Gasteiger partial charge in [0.15, 0.2) is 5.82 Å². The lowest BCUT2D eigenvalue weighted by Gasteiger charge is -2.28. The summed E-state index contributed by atoms with van der Waals surface area (Å²) in [5.74, 6) is 1.51. The van der Waals surface area contributed by atoms with Gasteiger partial charge in [0.05, 0.1) is 12.6 Å². The fourth-order valence-electron chi connectivity index (χ4n) is 2.39. The van der Waals surface area contributed by atoms with E-state index in [-0.39, 0.29) is 5.54 Å². The topological polar surface area (TPSA) is 64.9 Å². The van der Waals surface area contributed by atoms with Crippen LogP contribution in [0.4, 0.5) is 0 Å². The molecule has 1 saturated heterocycles. The van der Waals surface area contributed by atoms with E-state index in [1.807, 2.05) is 4.68 Å². The van der Waals surface area contributed by atoms with Gasteiger partial charge in [0, 0.05) is 18.8 Å². The van der Waals surface area contributed by atoms with Crippen molar-refractivity contribution in [2.75, 3.05) is 13.2 Å². The van der Waals surface area contributed by atoms with E-state index in [9.17, 15) is 0 Å². The molecule has 0 bridgehead atoms. The number of hydrogen-bond acceptors (Lipinski definition) is 5. The highest BCUT2D eigenvalue weighted by molar-refractivity contribution is 4.87. The Bertz CT molecular complexity index is 392. The molecule has 1 fully saturated rings. The van der Waals surface area contributed by atoms with Crippen molar-refractivity contribution in [2.24, 2.45) is 5.92 Å². The molecule has 1 aromatic rings. The molecule has 0 amide bonds. The molecule has 1 atom stereocenters. The lowest BCUT2D eigenvalue weighted by Crippen LogP contribution is -2.36. The third-order valence-electron chi connectivity index (χ3n) is 3.67. The first kappa shape index (κ1) is 14.4. The first-order valence-electron chi connectivity index (χ1n) is 7.07. The fraction of sp³-hybridized carbons (Fsp3) is 0.923. The molecule has 6 heteroatoms. The van der Waals surface area contributed by atoms with Gasteiger partial charge in [-0.25, -0.2) is 4.68 Å². The van der Waals surface area contributed by atoms with E-state index in [1.54, 1.807) is 0 Å². The molecule has 108 valence electrons. The molecule has 1 N–H and O–H groups in total. The van der Waals surface area contributed by atoms with Crippen molar-refractivity contribution in [1.29, 1.82) is 0 Å². The van der Waals surface area contributed by atoms with Crippen molar-refractivity contribution >= 4 is 0 Å². The van der Waals surface area contributed by atoms with Crippen LogP contribution in [0.25, 0.3) is 0 Å². The molecular weight excluding hydrogens is 242 g/mol. The van der Waals surface area contributed by atoms with Gasteiger partial charge in [-0.15, -0.1) is 5.10 Å². The van der Waals surface area contributed by atoms with Crippen LogP contribution in [0.3, 0.4) is 0 Å². The number of hydrogen-bond donors (Lipinski definition) is 1. The van der Waals surface area contributed by atoms with Crippen LogP contribution in [0.15, 0.2) is 0 Å². The molecule has 0 radical (unpaired) electrons. The molecule has 0 aliphatic carbocycles. The zero-order valence-corrected chi connectivity index (χ0v) is 12.4. The summed E-state index contributed by atoms with van der Waals surface area (Å²) in [6.45, 7) is 11.0. The highest BCUT2D eigenvalue weighted by Gasteiger charge is 2.25. The monoisotopic (exact) mass is 267 g/mol. The van der Waals surface area contributed by atoms with Crippen molar-refractivity contribution in [3.8, 4) is 0 Å². The number of ether oxygens (including phenoxy) is 1. The smallest absolute Gasteiger partial charge is 0.165 e. The summed E-state index contributed by atoms with van der Waals surface area (Å²) in [6, 6.07) is 0.329. The first-order chi connectivity index (χ1) is 8.97. The minimum atomic E-state index is 0.0682. The molecule has 1 aromatic heterocycles. The van der Waals surface area contributed by atoms with E-state index in [0.717, 1.165) is 31.9 Å². The van der Waals surface area contributed by atoms with Crippen LogP contribution in [0, 0.1) is 5.92 Å². The summed E-state index contributed by atoms with van der Waals surface area (Å²) in [5.41, 5.74) is 0.0682. The average Bonchev–Trinajstić information content (AvgIpc) is 2.84. The average molecular weight is 267 g/mol. The molecule has 1 unspecified atom stereocenters. The van der Waals surface area contributed by atoms with E-state index in [4.69, 9.17) is 4.74 Å². The van der Waals surface area contributed by atoms with E-state index >= 15 is 0 Å². The van der Waals surface area contributed by atoms with Gasteiger partial charge in [0.1, 0.15) is 0 Å². The summed E-state index contributed by atoms with van der Waals surface area (Å²) in [5, 5.41) is 15.6. The van der Waals surface area contributed by atoms with Crippen molar-refractivity contribution in [3.63, 3.8) is 0 Å². The van der Waals surface area contributed by atoms with Crippen molar-refractivity contribution in [1.82, 2.24) is 25.5 Å². The Hall–Kier alpha value is -1.01. The van der Waals surface area contributed by atoms with Crippen LogP contribution in [0.1, 0.15) is 52.4 Å². The zero-order valence-electron chi connectivity index (χ0n) is 12.4. The van der Waals surface area contributed by atoms with Crippen LogP contribution >= 0.6 is 0 Å². The van der Waals surface area contributed by atoms with E-state index in [0.29, 0.717) is 18.5 Å². The summed E-state index contributed by atoms with van der Waals surface area (Å²) in [6.07, 6.45) is 2.18. The largest absolute Gasteiger partial charge is 0.381 e. The second-order valence-corrected chi connectivity index (χ2v) is 6.33. The van der Waals surface area contributed by atoms with Gasteiger partial charge in [-0.2, -0.15) is 0 Å². The standard InChI is InChI=1S/C13H25N5O/c1-10(11-5-7-19-8-6-11)18-12(15-16-17-18)9-14-13(2,3)4/h10-11,14H,5-9H2,1-4H3. The summed E-state index contributed by atoms with van der Waals surface area (Å²) in [4.78, 5) is 0. The van der Waals surface area contributed by atoms with Gasteiger partial charge < -0.3 is 10.1 Å². The molecule has 2 heterocycles. The Labute approximate surface area is 114 Å². The summed E-state index contributed by atoms with van der Waals surface area (Å²) < 4.78 is 7.38. The van der Waals surface area contributed by atoms with Crippen LogP contribution in [-0.2, 0) is 11.3 Å². The number of aromatic nitrogens is 4. The third-order valence-corrected chi connectivity index (χ3v) is 3.67.